The molecular weight excluding hydrogens is 270 g/mol. The molecule has 0 unspecified atom stereocenters. The van der Waals surface area contributed by atoms with Crippen molar-refractivity contribution < 1.29 is 0 Å². The number of anilines is 1. The van der Waals surface area contributed by atoms with Gasteiger partial charge in [-0.25, -0.2) is 9.97 Å². The van der Waals surface area contributed by atoms with Crippen molar-refractivity contribution in [3.63, 3.8) is 0 Å². The Hall–Kier alpha value is -1.61. The highest BCUT2D eigenvalue weighted by Crippen LogP contribution is 2.33. The Kier molecular flexibility index (Phi) is 3.88. The predicted molar refractivity (Wildman–Crippen MR) is 81.9 cm³/mol. The van der Waals surface area contributed by atoms with Crippen molar-refractivity contribution in [3.8, 4) is 0 Å². The highest BCUT2D eigenvalue weighted by molar-refractivity contribution is 6.30. The lowest BCUT2D eigenvalue weighted by molar-refractivity contribution is 0.687. The molecule has 3 rings (SSSR count). The quantitative estimate of drug-likeness (QED) is 0.929. The van der Waals surface area contributed by atoms with Gasteiger partial charge < -0.3 is 5.73 Å². The first kappa shape index (κ1) is 13.4. The van der Waals surface area contributed by atoms with E-state index in [1.807, 2.05) is 30.3 Å². The van der Waals surface area contributed by atoms with Crippen LogP contribution in [0.4, 0.5) is 5.82 Å². The molecular formula is C16H18ClN3. The lowest BCUT2D eigenvalue weighted by Crippen LogP contribution is -2.06. The van der Waals surface area contributed by atoms with Gasteiger partial charge in [-0.15, -0.1) is 0 Å². The molecule has 1 heterocycles. The number of hydrogen-bond donors (Lipinski definition) is 1. The molecule has 3 nitrogen and oxygen atoms in total. The molecule has 0 atom stereocenters. The van der Waals surface area contributed by atoms with Crippen LogP contribution in [0, 0.1) is 0 Å². The average Bonchev–Trinajstić information content (AvgIpc) is 2.95. The van der Waals surface area contributed by atoms with Crippen LogP contribution in [0.5, 0.6) is 0 Å². The summed E-state index contributed by atoms with van der Waals surface area (Å²) in [5.41, 5.74) is 8.19. The first-order chi connectivity index (χ1) is 9.70. The third-order valence-electron chi connectivity index (χ3n) is 3.86. The fraction of sp³-hybridized carbons (Fsp3) is 0.375. The third-order valence-corrected chi connectivity index (χ3v) is 4.11. The number of halogens is 1. The number of nitrogens with two attached hydrogens (primary N) is 1. The van der Waals surface area contributed by atoms with Gasteiger partial charge in [0.15, 0.2) is 0 Å². The Morgan fingerprint density at radius 1 is 1.10 bits per heavy atom. The number of aromatic nitrogens is 2. The van der Waals surface area contributed by atoms with Crippen molar-refractivity contribution in [2.45, 2.75) is 38.0 Å². The molecule has 1 aromatic carbocycles. The van der Waals surface area contributed by atoms with E-state index in [4.69, 9.17) is 22.3 Å². The number of rotatable bonds is 3. The first-order valence-electron chi connectivity index (χ1n) is 7.08. The van der Waals surface area contributed by atoms with E-state index in [1.54, 1.807) is 0 Å². The van der Waals surface area contributed by atoms with E-state index in [0.717, 1.165) is 22.1 Å². The summed E-state index contributed by atoms with van der Waals surface area (Å²) in [6, 6.07) is 9.72. The Morgan fingerprint density at radius 3 is 2.50 bits per heavy atom. The van der Waals surface area contributed by atoms with Crippen LogP contribution in [0.2, 0.25) is 5.02 Å². The van der Waals surface area contributed by atoms with Gasteiger partial charge in [-0.1, -0.05) is 36.6 Å². The average molecular weight is 288 g/mol. The molecule has 0 aliphatic heterocycles. The van der Waals surface area contributed by atoms with E-state index in [1.165, 1.54) is 25.7 Å². The Balaban J connectivity index is 1.83. The van der Waals surface area contributed by atoms with Crippen LogP contribution in [0.3, 0.4) is 0 Å². The maximum Gasteiger partial charge on any atom is 0.135 e. The predicted octanol–water partition coefficient (Wildman–Crippen LogP) is 3.96. The summed E-state index contributed by atoms with van der Waals surface area (Å²) in [6.45, 7) is 0. The normalized spacial score (nSPS) is 15.7. The Morgan fingerprint density at radius 2 is 1.80 bits per heavy atom. The van der Waals surface area contributed by atoms with Crippen molar-refractivity contribution >= 4 is 17.4 Å². The lowest BCUT2D eigenvalue weighted by atomic mass is 10.0. The number of hydrogen-bond acceptors (Lipinski definition) is 3. The van der Waals surface area contributed by atoms with E-state index in [9.17, 15) is 0 Å². The van der Waals surface area contributed by atoms with Crippen molar-refractivity contribution in [2.75, 3.05) is 5.73 Å². The standard InChI is InChI=1S/C16H18ClN3/c17-13-7-5-11(6-8-13)9-16-19-14(10-15(18)20-16)12-3-1-2-4-12/h5-8,10,12H,1-4,9H2,(H2,18,19,20). The monoisotopic (exact) mass is 287 g/mol. The van der Waals surface area contributed by atoms with Crippen LogP contribution in [-0.2, 0) is 6.42 Å². The SMILES string of the molecule is Nc1cc(C2CCCC2)nc(Cc2ccc(Cl)cc2)n1. The van der Waals surface area contributed by atoms with Gasteiger partial charge in [-0.2, -0.15) is 0 Å². The third kappa shape index (κ3) is 3.10. The molecule has 104 valence electrons. The Bertz CT molecular complexity index is 589. The van der Waals surface area contributed by atoms with E-state index < -0.39 is 0 Å². The Labute approximate surface area is 124 Å². The summed E-state index contributed by atoms with van der Waals surface area (Å²) in [7, 11) is 0. The first-order valence-corrected chi connectivity index (χ1v) is 7.46. The molecule has 20 heavy (non-hydrogen) atoms. The van der Waals surface area contributed by atoms with Crippen LogP contribution in [-0.4, -0.2) is 9.97 Å². The van der Waals surface area contributed by atoms with Gasteiger partial charge in [0.1, 0.15) is 11.6 Å². The smallest absolute Gasteiger partial charge is 0.135 e. The van der Waals surface area contributed by atoms with Crippen LogP contribution in [0.25, 0.3) is 0 Å². The number of nitrogen functional groups attached to an aromatic ring is 1. The van der Waals surface area contributed by atoms with Gasteiger partial charge in [0.05, 0.1) is 0 Å². The fourth-order valence-corrected chi connectivity index (χ4v) is 2.96. The highest BCUT2D eigenvalue weighted by Gasteiger charge is 2.19. The molecule has 0 amide bonds. The van der Waals surface area contributed by atoms with Gasteiger partial charge in [-0.3, -0.25) is 0 Å². The molecule has 1 aliphatic rings. The van der Waals surface area contributed by atoms with Gasteiger partial charge in [0.2, 0.25) is 0 Å². The summed E-state index contributed by atoms with van der Waals surface area (Å²) in [5, 5.41) is 0.744. The van der Waals surface area contributed by atoms with Gasteiger partial charge in [0, 0.05) is 29.1 Å². The van der Waals surface area contributed by atoms with Gasteiger partial charge >= 0.3 is 0 Å². The summed E-state index contributed by atoms with van der Waals surface area (Å²) in [4.78, 5) is 9.07. The summed E-state index contributed by atoms with van der Waals surface area (Å²) >= 11 is 5.90. The zero-order chi connectivity index (χ0) is 13.9. The molecule has 1 saturated carbocycles. The van der Waals surface area contributed by atoms with Crippen molar-refractivity contribution in [2.24, 2.45) is 0 Å². The molecule has 1 aromatic heterocycles. The molecule has 0 radical (unpaired) electrons. The summed E-state index contributed by atoms with van der Waals surface area (Å²) < 4.78 is 0. The fourth-order valence-electron chi connectivity index (χ4n) is 2.83. The van der Waals surface area contributed by atoms with E-state index >= 15 is 0 Å². The second-order valence-electron chi connectivity index (χ2n) is 5.42. The highest BCUT2D eigenvalue weighted by atomic mass is 35.5. The molecule has 0 saturated heterocycles. The maximum absolute atomic E-state index is 5.93. The molecule has 1 fully saturated rings. The second-order valence-corrected chi connectivity index (χ2v) is 5.85. The largest absolute Gasteiger partial charge is 0.384 e. The minimum Gasteiger partial charge on any atom is -0.384 e. The number of nitrogens with zero attached hydrogens (tertiary/aromatic N) is 2. The lowest BCUT2D eigenvalue weighted by Gasteiger charge is -2.11. The van der Waals surface area contributed by atoms with Crippen molar-refractivity contribution in [3.05, 3.63) is 52.4 Å². The summed E-state index contributed by atoms with van der Waals surface area (Å²) in [6.07, 6.45) is 5.72. The van der Waals surface area contributed by atoms with E-state index in [-0.39, 0.29) is 0 Å². The second kappa shape index (κ2) is 5.80. The van der Waals surface area contributed by atoms with Gasteiger partial charge in [0.25, 0.3) is 0 Å². The van der Waals surface area contributed by atoms with Crippen LogP contribution >= 0.6 is 11.6 Å². The van der Waals surface area contributed by atoms with Crippen molar-refractivity contribution in [1.29, 1.82) is 0 Å². The molecule has 2 aromatic rings. The van der Waals surface area contributed by atoms with Crippen LogP contribution in [0.1, 0.15) is 48.7 Å². The van der Waals surface area contributed by atoms with E-state index in [0.29, 0.717) is 18.2 Å². The van der Waals surface area contributed by atoms with Crippen LogP contribution < -0.4 is 5.73 Å². The molecule has 0 spiro atoms. The maximum atomic E-state index is 5.93. The zero-order valence-corrected chi connectivity index (χ0v) is 12.1. The summed E-state index contributed by atoms with van der Waals surface area (Å²) in [5.74, 6) is 1.93. The minimum atomic E-state index is 0.560. The minimum absolute atomic E-state index is 0.560. The van der Waals surface area contributed by atoms with Gasteiger partial charge in [-0.05, 0) is 30.5 Å². The molecule has 0 bridgehead atoms. The molecule has 1 aliphatic carbocycles. The topological polar surface area (TPSA) is 51.8 Å². The molecule has 4 heteroatoms. The van der Waals surface area contributed by atoms with Crippen LogP contribution in [0.15, 0.2) is 30.3 Å². The van der Waals surface area contributed by atoms with Crippen molar-refractivity contribution in [1.82, 2.24) is 9.97 Å². The zero-order valence-electron chi connectivity index (χ0n) is 11.3. The molecule has 2 N–H and O–H groups in total. The van der Waals surface area contributed by atoms with E-state index in [2.05, 4.69) is 4.98 Å². The number of benzene rings is 1.